The first-order chi connectivity index (χ1) is 14.7. The van der Waals surface area contributed by atoms with Crippen LogP contribution in [0, 0.1) is 11.8 Å². The van der Waals surface area contributed by atoms with Gasteiger partial charge in [-0.25, -0.2) is 0 Å². The standard InChI is InChI=1S/C26H34N2OS/c1-30-25-11-9-23(10-12-25)19-27-15-5-8-24(20-27)26(29)28-16-13-22(14-17-28)18-21-6-3-2-4-7-21/h2-4,6-7,9-12,22,24H,5,8,13-20H2,1H3/t24-/m1/s1. The summed E-state index contributed by atoms with van der Waals surface area (Å²) < 4.78 is 0. The largest absolute Gasteiger partial charge is 0.342 e. The lowest BCUT2D eigenvalue weighted by atomic mass is 9.89. The van der Waals surface area contributed by atoms with Gasteiger partial charge < -0.3 is 4.90 Å². The minimum absolute atomic E-state index is 0.176. The van der Waals surface area contributed by atoms with Crippen LogP contribution in [0.2, 0.25) is 0 Å². The summed E-state index contributed by atoms with van der Waals surface area (Å²) in [5, 5.41) is 0. The van der Waals surface area contributed by atoms with E-state index in [0.29, 0.717) is 11.8 Å². The SMILES string of the molecule is CSc1ccc(CN2CCC[C@@H](C(=O)N3CCC(Cc4ccccc4)CC3)C2)cc1. The molecule has 4 rings (SSSR count). The van der Waals surface area contributed by atoms with Crippen molar-refractivity contribution in [1.82, 2.24) is 9.80 Å². The molecule has 4 heteroatoms. The Hall–Kier alpha value is -1.78. The molecule has 2 aromatic rings. The van der Waals surface area contributed by atoms with Gasteiger partial charge in [-0.1, -0.05) is 42.5 Å². The van der Waals surface area contributed by atoms with Gasteiger partial charge in [0.15, 0.2) is 0 Å². The van der Waals surface area contributed by atoms with Crippen LogP contribution in [0.25, 0.3) is 0 Å². The summed E-state index contributed by atoms with van der Waals surface area (Å²) in [5.41, 5.74) is 2.78. The summed E-state index contributed by atoms with van der Waals surface area (Å²) in [5.74, 6) is 1.29. The number of thioether (sulfide) groups is 1. The van der Waals surface area contributed by atoms with E-state index in [1.807, 2.05) is 0 Å². The summed E-state index contributed by atoms with van der Waals surface area (Å²) in [6.45, 7) is 4.84. The molecule has 3 nitrogen and oxygen atoms in total. The average molecular weight is 423 g/mol. The molecule has 0 aliphatic carbocycles. The number of hydrogen-bond acceptors (Lipinski definition) is 3. The summed E-state index contributed by atoms with van der Waals surface area (Å²) in [6.07, 6.45) is 7.71. The van der Waals surface area contributed by atoms with Crippen molar-refractivity contribution >= 4 is 17.7 Å². The zero-order valence-corrected chi connectivity index (χ0v) is 18.9. The van der Waals surface area contributed by atoms with Crippen LogP contribution in [-0.4, -0.2) is 48.1 Å². The highest BCUT2D eigenvalue weighted by molar-refractivity contribution is 7.98. The Morgan fingerprint density at radius 3 is 2.37 bits per heavy atom. The van der Waals surface area contributed by atoms with Crippen molar-refractivity contribution in [2.24, 2.45) is 11.8 Å². The molecule has 160 valence electrons. The molecule has 30 heavy (non-hydrogen) atoms. The maximum absolute atomic E-state index is 13.2. The zero-order chi connectivity index (χ0) is 20.8. The second-order valence-corrected chi connectivity index (χ2v) is 9.76. The van der Waals surface area contributed by atoms with Crippen molar-refractivity contribution in [3.63, 3.8) is 0 Å². The summed E-state index contributed by atoms with van der Waals surface area (Å²) >= 11 is 1.78. The number of nitrogens with zero attached hydrogens (tertiary/aromatic N) is 2. The lowest BCUT2D eigenvalue weighted by Crippen LogP contribution is -2.47. The van der Waals surface area contributed by atoms with Gasteiger partial charge in [-0.2, -0.15) is 0 Å². The monoisotopic (exact) mass is 422 g/mol. The molecule has 2 aromatic carbocycles. The zero-order valence-electron chi connectivity index (χ0n) is 18.1. The molecule has 0 saturated carbocycles. The maximum atomic E-state index is 13.2. The van der Waals surface area contributed by atoms with Crippen LogP contribution in [-0.2, 0) is 17.8 Å². The van der Waals surface area contributed by atoms with Gasteiger partial charge in [0.25, 0.3) is 0 Å². The molecular weight excluding hydrogens is 388 g/mol. The highest BCUT2D eigenvalue weighted by Crippen LogP contribution is 2.26. The fraction of sp³-hybridized carbons (Fsp3) is 0.500. The lowest BCUT2D eigenvalue weighted by molar-refractivity contribution is -0.138. The van der Waals surface area contributed by atoms with E-state index in [2.05, 4.69) is 70.7 Å². The van der Waals surface area contributed by atoms with Crippen molar-refractivity contribution in [3.8, 4) is 0 Å². The molecule has 2 saturated heterocycles. The van der Waals surface area contributed by atoms with Crippen LogP contribution in [0.15, 0.2) is 59.5 Å². The molecule has 1 amide bonds. The fourth-order valence-corrected chi connectivity index (χ4v) is 5.36. The molecule has 1 atom stereocenters. The normalized spacial score (nSPS) is 21.0. The van der Waals surface area contributed by atoms with E-state index in [4.69, 9.17) is 0 Å². The number of hydrogen-bond donors (Lipinski definition) is 0. The fourth-order valence-electron chi connectivity index (χ4n) is 4.95. The van der Waals surface area contributed by atoms with E-state index in [0.717, 1.165) is 64.8 Å². The van der Waals surface area contributed by atoms with Crippen LogP contribution >= 0.6 is 11.8 Å². The Balaban J connectivity index is 1.26. The van der Waals surface area contributed by atoms with Gasteiger partial charge in [0.1, 0.15) is 0 Å². The number of amides is 1. The quantitative estimate of drug-likeness (QED) is 0.605. The first-order valence-electron chi connectivity index (χ1n) is 11.4. The van der Waals surface area contributed by atoms with Crippen LogP contribution in [0.3, 0.4) is 0 Å². The van der Waals surface area contributed by atoms with Crippen LogP contribution in [0.4, 0.5) is 0 Å². The maximum Gasteiger partial charge on any atom is 0.226 e. The lowest BCUT2D eigenvalue weighted by Gasteiger charge is -2.38. The topological polar surface area (TPSA) is 23.6 Å². The number of rotatable bonds is 6. The molecule has 0 bridgehead atoms. The third-order valence-electron chi connectivity index (χ3n) is 6.71. The predicted molar refractivity (Wildman–Crippen MR) is 126 cm³/mol. The van der Waals surface area contributed by atoms with Gasteiger partial charge in [0, 0.05) is 31.1 Å². The highest BCUT2D eigenvalue weighted by atomic mass is 32.2. The number of carbonyl (C=O) groups excluding carboxylic acids is 1. The molecule has 0 radical (unpaired) electrons. The molecular formula is C26H34N2OS. The van der Waals surface area contributed by atoms with Crippen molar-refractivity contribution < 1.29 is 4.79 Å². The van der Waals surface area contributed by atoms with E-state index in [9.17, 15) is 4.79 Å². The first-order valence-corrected chi connectivity index (χ1v) is 12.6. The molecule has 0 N–H and O–H groups in total. The van der Waals surface area contributed by atoms with E-state index in [-0.39, 0.29) is 5.92 Å². The highest BCUT2D eigenvalue weighted by Gasteiger charge is 2.31. The Labute approximate surface area is 185 Å². The van der Waals surface area contributed by atoms with Gasteiger partial charge in [0.2, 0.25) is 5.91 Å². The van der Waals surface area contributed by atoms with Crippen LogP contribution in [0.5, 0.6) is 0 Å². The summed E-state index contributed by atoms with van der Waals surface area (Å²) in [6, 6.07) is 19.6. The third kappa shape index (κ3) is 5.67. The predicted octanol–water partition coefficient (Wildman–Crippen LogP) is 5.10. The Kier molecular flexibility index (Phi) is 7.51. The summed E-state index contributed by atoms with van der Waals surface area (Å²) in [4.78, 5) is 19.1. The van der Waals surface area contributed by atoms with Crippen molar-refractivity contribution in [2.45, 2.75) is 43.5 Å². The van der Waals surface area contributed by atoms with Gasteiger partial charge in [-0.3, -0.25) is 9.69 Å². The van der Waals surface area contributed by atoms with Gasteiger partial charge in [-0.15, -0.1) is 11.8 Å². The molecule has 0 aromatic heterocycles. The molecule has 2 aliphatic heterocycles. The smallest absolute Gasteiger partial charge is 0.226 e. The van der Waals surface area contributed by atoms with Crippen LogP contribution in [0.1, 0.15) is 36.8 Å². The molecule has 2 aliphatic rings. The Morgan fingerprint density at radius 1 is 0.933 bits per heavy atom. The summed E-state index contributed by atoms with van der Waals surface area (Å²) in [7, 11) is 0. The minimum Gasteiger partial charge on any atom is -0.342 e. The van der Waals surface area contributed by atoms with Crippen molar-refractivity contribution in [3.05, 3.63) is 65.7 Å². The van der Waals surface area contributed by atoms with Gasteiger partial charge >= 0.3 is 0 Å². The molecule has 2 fully saturated rings. The van der Waals surface area contributed by atoms with Gasteiger partial charge in [-0.05, 0) is 74.1 Å². The van der Waals surface area contributed by atoms with E-state index in [1.54, 1.807) is 11.8 Å². The first kappa shape index (κ1) is 21.5. The van der Waals surface area contributed by atoms with Crippen LogP contribution < -0.4 is 0 Å². The number of piperidine rings is 2. The van der Waals surface area contributed by atoms with Gasteiger partial charge in [0.05, 0.1) is 5.92 Å². The van der Waals surface area contributed by atoms with Crippen molar-refractivity contribution in [1.29, 1.82) is 0 Å². The van der Waals surface area contributed by atoms with E-state index >= 15 is 0 Å². The number of benzene rings is 2. The third-order valence-corrected chi connectivity index (χ3v) is 7.46. The Morgan fingerprint density at radius 2 is 1.67 bits per heavy atom. The molecule has 0 unspecified atom stereocenters. The van der Waals surface area contributed by atoms with Crippen molar-refractivity contribution in [2.75, 3.05) is 32.4 Å². The molecule has 2 heterocycles. The number of likely N-dealkylation sites (tertiary alicyclic amines) is 2. The second-order valence-electron chi connectivity index (χ2n) is 8.88. The minimum atomic E-state index is 0.176. The molecule has 0 spiro atoms. The Bertz CT molecular complexity index is 800. The second kappa shape index (κ2) is 10.5. The van der Waals surface area contributed by atoms with E-state index < -0.39 is 0 Å². The number of carbonyl (C=O) groups is 1. The average Bonchev–Trinajstić information content (AvgIpc) is 2.80. The van der Waals surface area contributed by atoms with E-state index in [1.165, 1.54) is 16.0 Å².